The second-order valence-corrected chi connectivity index (χ2v) is 8.78. The molecular formula is C21H28N2O3S. The first-order valence-corrected chi connectivity index (χ1v) is 10.6. The lowest BCUT2D eigenvalue weighted by Gasteiger charge is -2.27. The van der Waals surface area contributed by atoms with Gasteiger partial charge in [0.05, 0.1) is 10.6 Å². The summed E-state index contributed by atoms with van der Waals surface area (Å²) in [6.45, 7) is 9.30. The fraction of sp³-hybridized carbons (Fsp3) is 0.381. The summed E-state index contributed by atoms with van der Waals surface area (Å²) in [6, 6.07) is 12.1. The summed E-state index contributed by atoms with van der Waals surface area (Å²) in [4.78, 5) is 12.7. The third-order valence-corrected chi connectivity index (χ3v) is 6.53. The number of nitrogens with zero attached hydrogens (tertiary/aromatic N) is 1. The molecule has 0 spiro atoms. The van der Waals surface area contributed by atoms with E-state index in [1.807, 2.05) is 46.8 Å². The van der Waals surface area contributed by atoms with Gasteiger partial charge in [-0.1, -0.05) is 36.8 Å². The molecule has 0 bridgehead atoms. The quantitative estimate of drug-likeness (QED) is 0.786. The number of aryl methyl sites for hydroxylation is 2. The summed E-state index contributed by atoms with van der Waals surface area (Å²) in [5, 5.41) is 2.85. The number of amides is 1. The van der Waals surface area contributed by atoms with E-state index in [-0.39, 0.29) is 23.4 Å². The van der Waals surface area contributed by atoms with Crippen LogP contribution in [-0.4, -0.2) is 26.9 Å². The summed E-state index contributed by atoms with van der Waals surface area (Å²) in [6.07, 6.45) is 0.778. The Morgan fingerprint density at radius 2 is 1.70 bits per heavy atom. The number of hydrogen-bond acceptors (Lipinski definition) is 3. The molecule has 0 fully saturated rings. The number of nitrogens with one attached hydrogen (secondary N) is 1. The predicted octanol–water partition coefficient (Wildman–Crippen LogP) is 3.72. The van der Waals surface area contributed by atoms with Crippen LogP contribution in [0, 0.1) is 20.8 Å². The molecule has 2 rings (SSSR count). The van der Waals surface area contributed by atoms with Crippen LogP contribution in [-0.2, 0) is 14.8 Å². The van der Waals surface area contributed by atoms with Crippen molar-refractivity contribution in [2.75, 3.05) is 10.8 Å². The second kappa shape index (κ2) is 8.57. The molecule has 0 aromatic heterocycles. The van der Waals surface area contributed by atoms with Crippen LogP contribution in [0.3, 0.4) is 0 Å². The van der Waals surface area contributed by atoms with E-state index in [9.17, 15) is 13.2 Å². The average molecular weight is 389 g/mol. The third-order valence-electron chi connectivity index (χ3n) is 4.76. The molecule has 0 saturated heterocycles. The molecule has 146 valence electrons. The highest BCUT2D eigenvalue weighted by molar-refractivity contribution is 7.92. The third kappa shape index (κ3) is 4.89. The van der Waals surface area contributed by atoms with Crippen molar-refractivity contribution in [3.63, 3.8) is 0 Å². The Kier molecular flexibility index (Phi) is 6.65. The van der Waals surface area contributed by atoms with Gasteiger partial charge in [0.25, 0.3) is 10.0 Å². The zero-order valence-electron chi connectivity index (χ0n) is 16.6. The minimum absolute atomic E-state index is 0.0139. The zero-order valence-corrected chi connectivity index (χ0v) is 17.4. The van der Waals surface area contributed by atoms with Crippen molar-refractivity contribution < 1.29 is 13.2 Å². The van der Waals surface area contributed by atoms with E-state index in [0.717, 1.165) is 23.1 Å². The molecule has 5 nitrogen and oxygen atoms in total. The van der Waals surface area contributed by atoms with Crippen molar-refractivity contribution in [3.8, 4) is 0 Å². The number of rotatable bonds is 7. The fourth-order valence-electron chi connectivity index (χ4n) is 2.70. The summed E-state index contributed by atoms with van der Waals surface area (Å²) in [5.74, 6) is -0.319. The summed E-state index contributed by atoms with van der Waals surface area (Å²) in [5.41, 5.74) is 3.31. The Balaban J connectivity index is 2.50. The highest BCUT2D eigenvalue weighted by Crippen LogP contribution is 2.28. The molecular weight excluding hydrogens is 360 g/mol. The first-order valence-electron chi connectivity index (χ1n) is 9.11. The number of benzene rings is 2. The standard InChI is InChI=1S/C21H28N2O3S/c1-6-17(4)22-21(24)14-23(20-9-7-8-16(3)18(20)5)27(25,26)19-12-10-15(2)11-13-19/h7-13,17H,6,14H2,1-5H3,(H,22,24). The van der Waals surface area contributed by atoms with Gasteiger partial charge in [0.1, 0.15) is 6.54 Å². The summed E-state index contributed by atoms with van der Waals surface area (Å²) < 4.78 is 27.9. The van der Waals surface area contributed by atoms with Gasteiger partial charge in [0.15, 0.2) is 0 Å². The lowest BCUT2D eigenvalue weighted by atomic mass is 10.1. The normalized spacial score (nSPS) is 12.5. The lowest BCUT2D eigenvalue weighted by molar-refractivity contribution is -0.120. The number of carbonyl (C=O) groups is 1. The van der Waals surface area contributed by atoms with Gasteiger partial charge in [-0.2, -0.15) is 0 Å². The molecule has 0 radical (unpaired) electrons. The van der Waals surface area contributed by atoms with Crippen LogP contribution in [0.4, 0.5) is 5.69 Å². The first-order chi connectivity index (χ1) is 12.7. The van der Waals surface area contributed by atoms with Gasteiger partial charge in [0, 0.05) is 6.04 Å². The van der Waals surface area contributed by atoms with Crippen LogP contribution in [0.5, 0.6) is 0 Å². The molecule has 1 amide bonds. The molecule has 1 unspecified atom stereocenters. The summed E-state index contributed by atoms with van der Waals surface area (Å²) in [7, 11) is -3.88. The Labute approximate surface area is 162 Å². The van der Waals surface area contributed by atoms with Crippen LogP contribution < -0.4 is 9.62 Å². The van der Waals surface area contributed by atoms with E-state index < -0.39 is 10.0 Å². The molecule has 0 aliphatic carbocycles. The van der Waals surface area contributed by atoms with Crippen LogP contribution in [0.2, 0.25) is 0 Å². The van der Waals surface area contributed by atoms with Gasteiger partial charge in [-0.15, -0.1) is 0 Å². The molecule has 0 heterocycles. The number of hydrogen-bond donors (Lipinski definition) is 1. The average Bonchev–Trinajstić information content (AvgIpc) is 2.62. The highest BCUT2D eigenvalue weighted by Gasteiger charge is 2.28. The van der Waals surface area contributed by atoms with E-state index in [2.05, 4.69) is 5.32 Å². The topological polar surface area (TPSA) is 66.5 Å². The van der Waals surface area contributed by atoms with Crippen molar-refractivity contribution in [3.05, 3.63) is 59.2 Å². The van der Waals surface area contributed by atoms with E-state index in [1.54, 1.807) is 30.3 Å². The molecule has 2 aromatic rings. The molecule has 6 heteroatoms. The van der Waals surface area contributed by atoms with Gasteiger partial charge in [-0.25, -0.2) is 8.42 Å². The molecule has 0 aliphatic heterocycles. The molecule has 1 N–H and O–H groups in total. The van der Waals surface area contributed by atoms with Crippen molar-refractivity contribution in [1.82, 2.24) is 5.32 Å². The minimum atomic E-state index is -3.88. The molecule has 0 saturated carbocycles. The zero-order chi connectivity index (χ0) is 20.2. The monoisotopic (exact) mass is 388 g/mol. The van der Waals surface area contributed by atoms with Gasteiger partial charge >= 0.3 is 0 Å². The SMILES string of the molecule is CCC(C)NC(=O)CN(c1cccc(C)c1C)S(=O)(=O)c1ccc(C)cc1. The van der Waals surface area contributed by atoms with Crippen LogP contribution in [0.1, 0.15) is 37.0 Å². The number of carbonyl (C=O) groups excluding carboxylic acids is 1. The molecule has 1 atom stereocenters. The van der Waals surface area contributed by atoms with Gasteiger partial charge < -0.3 is 5.32 Å². The second-order valence-electron chi connectivity index (χ2n) is 6.92. The van der Waals surface area contributed by atoms with E-state index in [1.165, 1.54) is 4.31 Å². The predicted molar refractivity (Wildman–Crippen MR) is 110 cm³/mol. The van der Waals surface area contributed by atoms with Gasteiger partial charge in [-0.05, 0) is 63.4 Å². The maximum absolute atomic E-state index is 13.3. The largest absolute Gasteiger partial charge is 0.352 e. The Hall–Kier alpha value is -2.34. The smallest absolute Gasteiger partial charge is 0.264 e. The van der Waals surface area contributed by atoms with E-state index in [4.69, 9.17) is 0 Å². The Morgan fingerprint density at radius 3 is 2.30 bits per heavy atom. The van der Waals surface area contributed by atoms with E-state index >= 15 is 0 Å². The van der Waals surface area contributed by atoms with Crippen molar-refractivity contribution in [1.29, 1.82) is 0 Å². The van der Waals surface area contributed by atoms with E-state index in [0.29, 0.717) is 5.69 Å². The molecule has 27 heavy (non-hydrogen) atoms. The van der Waals surface area contributed by atoms with Crippen molar-refractivity contribution in [2.24, 2.45) is 0 Å². The highest BCUT2D eigenvalue weighted by atomic mass is 32.2. The van der Waals surface area contributed by atoms with Crippen molar-refractivity contribution in [2.45, 2.75) is 52.0 Å². The lowest BCUT2D eigenvalue weighted by Crippen LogP contribution is -2.43. The number of anilines is 1. The maximum Gasteiger partial charge on any atom is 0.264 e. The van der Waals surface area contributed by atoms with Crippen LogP contribution in [0.25, 0.3) is 0 Å². The van der Waals surface area contributed by atoms with Gasteiger partial charge in [-0.3, -0.25) is 9.10 Å². The Morgan fingerprint density at radius 1 is 1.07 bits per heavy atom. The minimum Gasteiger partial charge on any atom is -0.352 e. The van der Waals surface area contributed by atoms with Crippen molar-refractivity contribution >= 4 is 21.6 Å². The van der Waals surface area contributed by atoms with Crippen LogP contribution >= 0.6 is 0 Å². The van der Waals surface area contributed by atoms with Crippen LogP contribution in [0.15, 0.2) is 47.4 Å². The summed E-state index contributed by atoms with van der Waals surface area (Å²) >= 11 is 0. The Bertz CT molecular complexity index is 906. The molecule has 2 aromatic carbocycles. The number of sulfonamides is 1. The van der Waals surface area contributed by atoms with Gasteiger partial charge in [0.2, 0.25) is 5.91 Å². The molecule has 0 aliphatic rings. The fourth-order valence-corrected chi connectivity index (χ4v) is 4.17. The first kappa shape index (κ1) is 21.0. The maximum atomic E-state index is 13.3.